The SMILES string of the molecule is CCNC(=NCC(C)(O)c1ccco1)N1CC2OCCN(Cc3ccccc3)C2C1. The van der Waals surface area contributed by atoms with E-state index in [-0.39, 0.29) is 12.6 Å². The number of benzene rings is 1. The first-order valence-corrected chi connectivity index (χ1v) is 10.8. The number of nitrogens with zero attached hydrogens (tertiary/aromatic N) is 3. The number of fused-ring (bicyclic) bond motifs is 1. The average Bonchev–Trinajstić information content (AvgIpc) is 3.43. The molecule has 3 atom stereocenters. The Bertz CT molecular complexity index is 822. The molecule has 30 heavy (non-hydrogen) atoms. The number of aliphatic hydroxyl groups is 1. The van der Waals surface area contributed by atoms with Gasteiger partial charge in [0.2, 0.25) is 0 Å². The second kappa shape index (κ2) is 9.20. The minimum Gasteiger partial charge on any atom is -0.466 e. The summed E-state index contributed by atoms with van der Waals surface area (Å²) in [5, 5.41) is 14.1. The lowest BCUT2D eigenvalue weighted by Gasteiger charge is -2.36. The van der Waals surface area contributed by atoms with E-state index < -0.39 is 5.60 Å². The molecule has 1 aromatic carbocycles. The topological polar surface area (TPSA) is 73.5 Å². The Kier molecular flexibility index (Phi) is 6.41. The molecule has 0 amide bonds. The average molecular weight is 413 g/mol. The highest BCUT2D eigenvalue weighted by Gasteiger charge is 2.41. The molecular formula is C23H32N4O3. The van der Waals surface area contributed by atoms with E-state index in [4.69, 9.17) is 14.1 Å². The van der Waals surface area contributed by atoms with E-state index in [1.54, 1.807) is 25.3 Å². The Morgan fingerprint density at radius 2 is 2.07 bits per heavy atom. The van der Waals surface area contributed by atoms with Gasteiger partial charge in [-0.3, -0.25) is 4.90 Å². The third-order valence-corrected chi connectivity index (χ3v) is 5.87. The quantitative estimate of drug-likeness (QED) is 0.559. The highest BCUT2D eigenvalue weighted by atomic mass is 16.5. The maximum atomic E-state index is 10.8. The third kappa shape index (κ3) is 4.69. The maximum Gasteiger partial charge on any atom is 0.194 e. The largest absolute Gasteiger partial charge is 0.466 e. The Morgan fingerprint density at radius 1 is 1.23 bits per heavy atom. The van der Waals surface area contributed by atoms with Crippen molar-refractivity contribution in [3.63, 3.8) is 0 Å². The Balaban J connectivity index is 1.45. The molecule has 3 heterocycles. The number of aliphatic imine (C=N–C) groups is 1. The van der Waals surface area contributed by atoms with E-state index in [1.165, 1.54) is 5.56 Å². The Labute approximate surface area is 178 Å². The van der Waals surface area contributed by atoms with Crippen LogP contribution in [0.15, 0.2) is 58.1 Å². The predicted octanol–water partition coefficient (Wildman–Crippen LogP) is 2.04. The van der Waals surface area contributed by atoms with E-state index in [0.717, 1.165) is 45.3 Å². The summed E-state index contributed by atoms with van der Waals surface area (Å²) in [5.74, 6) is 1.33. The van der Waals surface area contributed by atoms with Crippen molar-refractivity contribution in [2.75, 3.05) is 39.3 Å². The van der Waals surface area contributed by atoms with Crippen LogP contribution in [0.5, 0.6) is 0 Å². The monoisotopic (exact) mass is 412 g/mol. The first-order chi connectivity index (χ1) is 14.6. The van der Waals surface area contributed by atoms with Crippen LogP contribution in [0, 0.1) is 0 Å². The van der Waals surface area contributed by atoms with Gasteiger partial charge in [0.1, 0.15) is 11.4 Å². The molecule has 0 saturated carbocycles. The predicted molar refractivity (Wildman–Crippen MR) is 116 cm³/mol. The molecule has 2 fully saturated rings. The summed E-state index contributed by atoms with van der Waals surface area (Å²) in [5.41, 5.74) is 0.179. The lowest BCUT2D eigenvalue weighted by Crippen LogP contribution is -2.50. The van der Waals surface area contributed by atoms with Crippen LogP contribution in [0.1, 0.15) is 25.2 Å². The van der Waals surface area contributed by atoms with Crippen LogP contribution < -0.4 is 5.32 Å². The minimum atomic E-state index is -1.15. The number of morpholine rings is 1. The number of nitrogens with one attached hydrogen (secondary N) is 1. The zero-order valence-electron chi connectivity index (χ0n) is 17.8. The number of rotatable bonds is 6. The van der Waals surface area contributed by atoms with Crippen molar-refractivity contribution in [2.24, 2.45) is 4.99 Å². The molecule has 4 rings (SSSR count). The molecule has 0 spiro atoms. The number of furan rings is 1. The van der Waals surface area contributed by atoms with Crippen molar-refractivity contribution in [1.29, 1.82) is 0 Å². The summed E-state index contributed by atoms with van der Waals surface area (Å²) in [6, 6.07) is 14.5. The molecule has 0 bridgehead atoms. The molecule has 7 heteroatoms. The fraction of sp³-hybridized carbons (Fsp3) is 0.522. The van der Waals surface area contributed by atoms with E-state index in [9.17, 15) is 5.11 Å². The van der Waals surface area contributed by atoms with Gasteiger partial charge in [0, 0.05) is 32.7 Å². The number of hydrogen-bond acceptors (Lipinski definition) is 5. The third-order valence-electron chi connectivity index (χ3n) is 5.87. The highest BCUT2D eigenvalue weighted by Crippen LogP contribution is 2.26. The van der Waals surface area contributed by atoms with Gasteiger partial charge >= 0.3 is 0 Å². The zero-order valence-corrected chi connectivity index (χ0v) is 17.8. The van der Waals surface area contributed by atoms with Crippen LogP contribution in [0.3, 0.4) is 0 Å². The van der Waals surface area contributed by atoms with E-state index in [1.807, 2.05) is 0 Å². The van der Waals surface area contributed by atoms with Crippen molar-refractivity contribution in [2.45, 2.75) is 38.1 Å². The van der Waals surface area contributed by atoms with Crippen molar-refractivity contribution in [3.05, 3.63) is 60.1 Å². The summed E-state index contributed by atoms with van der Waals surface area (Å²) < 4.78 is 11.5. The number of ether oxygens (including phenoxy) is 1. The first-order valence-electron chi connectivity index (χ1n) is 10.8. The Morgan fingerprint density at radius 3 is 2.80 bits per heavy atom. The van der Waals surface area contributed by atoms with Crippen LogP contribution in [-0.4, -0.2) is 72.3 Å². The molecule has 0 radical (unpaired) electrons. The van der Waals surface area contributed by atoms with Crippen LogP contribution >= 0.6 is 0 Å². The molecule has 2 saturated heterocycles. The number of hydrogen-bond donors (Lipinski definition) is 2. The molecule has 2 N–H and O–H groups in total. The van der Waals surface area contributed by atoms with Gasteiger partial charge in [-0.25, -0.2) is 4.99 Å². The van der Waals surface area contributed by atoms with Crippen molar-refractivity contribution < 1.29 is 14.3 Å². The van der Waals surface area contributed by atoms with E-state index >= 15 is 0 Å². The summed E-state index contributed by atoms with van der Waals surface area (Å²) in [6.45, 7) is 9.05. The molecule has 1 aromatic heterocycles. The van der Waals surface area contributed by atoms with E-state index in [2.05, 4.69) is 52.4 Å². The maximum absolute atomic E-state index is 10.8. The summed E-state index contributed by atoms with van der Waals surface area (Å²) >= 11 is 0. The molecule has 3 unspecified atom stereocenters. The summed E-state index contributed by atoms with van der Waals surface area (Å²) in [6.07, 6.45) is 1.74. The standard InChI is InChI=1S/C23H32N4O3/c1-3-24-22(25-17-23(2,28)21-10-7-12-30-21)27-15-19-20(16-27)29-13-11-26(19)14-18-8-5-4-6-9-18/h4-10,12,19-20,28H,3,11,13-17H2,1-2H3,(H,24,25). The molecule has 162 valence electrons. The second-order valence-electron chi connectivity index (χ2n) is 8.26. The minimum absolute atomic E-state index is 0.164. The fourth-order valence-corrected chi connectivity index (χ4v) is 4.26. The van der Waals surface area contributed by atoms with Gasteiger partial charge < -0.3 is 24.5 Å². The molecule has 2 aliphatic rings. The van der Waals surface area contributed by atoms with Crippen LogP contribution in [0.25, 0.3) is 0 Å². The first kappa shape index (κ1) is 20.9. The fourth-order valence-electron chi connectivity index (χ4n) is 4.26. The molecule has 0 aliphatic carbocycles. The lowest BCUT2D eigenvalue weighted by molar-refractivity contribution is -0.0502. The van der Waals surface area contributed by atoms with Crippen LogP contribution in [0.4, 0.5) is 0 Å². The highest BCUT2D eigenvalue weighted by molar-refractivity contribution is 5.80. The van der Waals surface area contributed by atoms with Crippen molar-refractivity contribution in [1.82, 2.24) is 15.1 Å². The van der Waals surface area contributed by atoms with Crippen molar-refractivity contribution >= 4 is 5.96 Å². The van der Waals surface area contributed by atoms with Gasteiger partial charge in [0.25, 0.3) is 0 Å². The van der Waals surface area contributed by atoms with E-state index in [0.29, 0.717) is 11.8 Å². The normalized spacial score (nSPS) is 24.5. The Hall–Kier alpha value is -2.35. The van der Waals surface area contributed by atoms with Gasteiger partial charge in [0.15, 0.2) is 5.96 Å². The smallest absolute Gasteiger partial charge is 0.194 e. The van der Waals surface area contributed by atoms with Gasteiger partial charge in [-0.2, -0.15) is 0 Å². The van der Waals surface area contributed by atoms with Gasteiger partial charge in [0.05, 0.1) is 31.6 Å². The molecule has 2 aliphatic heterocycles. The lowest BCUT2D eigenvalue weighted by atomic mass is 10.0. The van der Waals surface area contributed by atoms with Crippen LogP contribution in [-0.2, 0) is 16.9 Å². The molecule has 2 aromatic rings. The number of likely N-dealkylation sites (tertiary alicyclic amines) is 1. The zero-order chi connectivity index (χ0) is 21.0. The second-order valence-corrected chi connectivity index (χ2v) is 8.26. The van der Waals surface area contributed by atoms with Gasteiger partial charge in [-0.15, -0.1) is 0 Å². The molecular weight excluding hydrogens is 380 g/mol. The molecule has 7 nitrogen and oxygen atoms in total. The van der Waals surface area contributed by atoms with Gasteiger partial charge in [-0.1, -0.05) is 30.3 Å². The van der Waals surface area contributed by atoms with Crippen LogP contribution in [0.2, 0.25) is 0 Å². The number of guanidine groups is 1. The summed E-state index contributed by atoms with van der Waals surface area (Å²) in [7, 11) is 0. The van der Waals surface area contributed by atoms with Crippen molar-refractivity contribution in [3.8, 4) is 0 Å². The summed E-state index contributed by atoms with van der Waals surface area (Å²) in [4.78, 5) is 9.51. The van der Waals surface area contributed by atoms with Gasteiger partial charge in [-0.05, 0) is 31.5 Å².